The molecule has 0 unspecified atom stereocenters. The van der Waals surface area contributed by atoms with Crippen molar-refractivity contribution in [1.82, 2.24) is 0 Å². The van der Waals surface area contributed by atoms with Gasteiger partial charge in [-0.2, -0.15) is 13.2 Å². The first-order chi connectivity index (χ1) is 10.3. The predicted molar refractivity (Wildman–Crippen MR) is 75.0 cm³/mol. The van der Waals surface area contributed by atoms with Gasteiger partial charge in [-0.3, -0.25) is 4.79 Å². The molecule has 0 bridgehead atoms. The lowest BCUT2D eigenvalue weighted by Gasteiger charge is -2.14. The Balaban J connectivity index is 2.37. The molecule has 7 heteroatoms. The Hall–Kier alpha value is -2.15. The number of rotatable bonds is 4. The van der Waals surface area contributed by atoms with Crippen LogP contribution >= 0.6 is 11.8 Å². The number of aliphatic carboxylic acids is 1. The van der Waals surface area contributed by atoms with Crippen LogP contribution in [0.5, 0.6) is 5.75 Å². The SMILES string of the molecule is O=C(O)Cc1ccc(Sc2ccc(O)cc2)c(C(F)(F)F)c1. The van der Waals surface area contributed by atoms with Gasteiger partial charge in [-0.25, -0.2) is 0 Å². The third-order valence-corrected chi connectivity index (χ3v) is 3.85. The zero-order valence-electron chi connectivity index (χ0n) is 11.1. The molecule has 3 nitrogen and oxygen atoms in total. The van der Waals surface area contributed by atoms with Gasteiger partial charge < -0.3 is 10.2 Å². The quantitative estimate of drug-likeness (QED) is 0.883. The number of phenols is 1. The zero-order chi connectivity index (χ0) is 16.3. The average molecular weight is 328 g/mol. The van der Waals surface area contributed by atoms with Crippen LogP contribution in [-0.4, -0.2) is 16.2 Å². The van der Waals surface area contributed by atoms with Gasteiger partial charge in [-0.05, 0) is 42.0 Å². The van der Waals surface area contributed by atoms with Gasteiger partial charge in [0.25, 0.3) is 0 Å². The number of carbonyl (C=O) groups is 1. The largest absolute Gasteiger partial charge is 0.508 e. The first-order valence-electron chi connectivity index (χ1n) is 6.14. The second-order valence-corrected chi connectivity index (χ2v) is 5.61. The molecular weight excluding hydrogens is 317 g/mol. The fraction of sp³-hybridized carbons (Fsp3) is 0.133. The van der Waals surface area contributed by atoms with Gasteiger partial charge in [0.05, 0.1) is 12.0 Å². The van der Waals surface area contributed by atoms with Crippen molar-refractivity contribution in [2.75, 3.05) is 0 Å². The molecule has 2 aromatic carbocycles. The molecule has 0 radical (unpaired) electrons. The molecule has 0 atom stereocenters. The van der Waals surface area contributed by atoms with E-state index in [4.69, 9.17) is 5.11 Å². The molecule has 116 valence electrons. The molecule has 0 saturated carbocycles. The Morgan fingerprint density at radius 3 is 2.27 bits per heavy atom. The second kappa shape index (κ2) is 6.31. The number of carboxylic acids is 1. The number of benzene rings is 2. The van der Waals surface area contributed by atoms with Crippen LogP contribution in [0.1, 0.15) is 11.1 Å². The average Bonchev–Trinajstić information content (AvgIpc) is 2.41. The summed E-state index contributed by atoms with van der Waals surface area (Å²) in [6.07, 6.45) is -5.04. The molecule has 0 amide bonds. The molecule has 22 heavy (non-hydrogen) atoms. The summed E-state index contributed by atoms with van der Waals surface area (Å²) in [7, 11) is 0. The fourth-order valence-electron chi connectivity index (χ4n) is 1.81. The van der Waals surface area contributed by atoms with E-state index in [0.717, 1.165) is 17.8 Å². The first kappa shape index (κ1) is 16.2. The Bertz CT molecular complexity index is 681. The van der Waals surface area contributed by atoms with E-state index in [-0.39, 0.29) is 16.2 Å². The molecule has 2 rings (SSSR count). The van der Waals surface area contributed by atoms with E-state index in [1.807, 2.05) is 0 Å². The minimum atomic E-state index is -4.58. The minimum Gasteiger partial charge on any atom is -0.508 e. The Morgan fingerprint density at radius 2 is 1.73 bits per heavy atom. The molecule has 0 saturated heterocycles. The number of carboxylic acid groups (broad SMARTS) is 1. The van der Waals surface area contributed by atoms with Crippen molar-refractivity contribution in [3.8, 4) is 5.75 Å². The first-order valence-corrected chi connectivity index (χ1v) is 6.96. The number of hydrogen-bond acceptors (Lipinski definition) is 3. The maximum Gasteiger partial charge on any atom is 0.417 e. The summed E-state index contributed by atoms with van der Waals surface area (Å²) >= 11 is 0.899. The third kappa shape index (κ3) is 4.17. The normalized spacial score (nSPS) is 11.4. The lowest BCUT2D eigenvalue weighted by Crippen LogP contribution is -2.09. The summed E-state index contributed by atoms with van der Waals surface area (Å²) in [6, 6.07) is 9.26. The second-order valence-electron chi connectivity index (χ2n) is 4.49. The third-order valence-electron chi connectivity index (χ3n) is 2.77. The highest BCUT2D eigenvalue weighted by molar-refractivity contribution is 7.99. The number of halogens is 3. The summed E-state index contributed by atoms with van der Waals surface area (Å²) < 4.78 is 39.4. The van der Waals surface area contributed by atoms with Crippen LogP contribution in [0.4, 0.5) is 13.2 Å². The maximum absolute atomic E-state index is 13.1. The molecule has 0 fully saturated rings. The molecule has 0 aliphatic heterocycles. The van der Waals surface area contributed by atoms with Crippen molar-refractivity contribution in [1.29, 1.82) is 0 Å². The van der Waals surface area contributed by atoms with E-state index in [1.54, 1.807) is 0 Å². The lowest BCUT2D eigenvalue weighted by molar-refractivity contribution is -0.140. The number of hydrogen-bond donors (Lipinski definition) is 2. The van der Waals surface area contributed by atoms with E-state index in [2.05, 4.69) is 0 Å². The number of aromatic hydroxyl groups is 1. The highest BCUT2D eigenvalue weighted by atomic mass is 32.2. The van der Waals surface area contributed by atoms with Crippen LogP contribution in [0.2, 0.25) is 0 Å². The van der Waals surface area contributed by atoms with Crippen molar-refractivity contribution in [3.63, 3.8) is 0 Å². The van der Waals surface area contributed by atoms with Crippen molar-refractivity contribution >= 4 is 17.7 Å². The van der Waals surface area contributed by atoms with Gasteiger partial charge in [0.2, 0.25) is 0 Å². The van der Waals surface area contributed by atoms with Crippen LogP contribution in [-0.2, 0) is 17.4 Å². The van der Waals surface area contributed by atoms with Gasteiger partial charge in [0.1, 0.15) is 5.75 Å². The predicted octanol–water partition coefficient (Wildman–Crippen LogP) is 4.19. The summed E-state index contributed by atoms with van der Waals surface area (Å²) in [5.74, 6) is -1.16. The Kier molecular flexibility index (Phi) is 4.65. The smallest absolute Gasteiger partial charge is 0.417 e. The van der Waals surface area contributed by atoms with Crippen molar-refractivity contribution in [2.45, 2.75) is 22.4 Å². The van der Waals surface area contributed by atoms with E-state index < -0.39 is 24.1 Å². The standard InChI is InChI=1S/C15H11F3O3S/c16-15(17,18)12-7-9(8-14(20)21)1-6-13(12)22-11-4-2-10(19)3-5-11/h1-7,19H,8H2,(H,20,21). The number of phenolic OH excluding ortho intramolecular Hbond substituents is 1. The molecule has 0 aliphatic carbocycles. The van der Waals surface area contributed by atoms with Crippen molar-refractivity contribution in [3.05, 3.63) is 53.6 Å². The van der Waals surface area contributed by atoms with Gasteiger partial charge >= 0.3 is 12.1 Å². The molecule has 0 spiro atoms. The van der Waals surface area contributed by atoms with Crippen LogP contribution in [0, 0.1) is 0 Å². The molecule has 2 aromatic rings. The summed E-state index contributed by atoms with van der Waals surface area (Å²) in [6.45, 7) is 0. The van der Waals surface area contributed by atoms with E-state index in [9.17, 15) is 23.1 Å². The van der Waals surface area contributed by atoms with Gasteiger partial charge in [-0.1, -0.05) is 17.8 Å². The monoisotopic (exact) mass is 328 g/mol. The van der Waals surface area contributed by atoms with Crippen LogP contribution < -0.4 is 0 Å². The van der Waals surface area contributed by atoms with E-state index >= 15 is 0 Å². The summed E-state index contributed by atoms with van der Waals surface area (Å²) in [5.41, 5.74) is -0.779. The van der Waals surface area contributed by atoms with Crippen molar-refractivity contribution < 1.29 is 28.2 Å². The lowest BCUT2D eigenvalue weighted by atomic mass is 10.1. The van der Waals surface area contributed by atoms with Crippen molar-refractivity contribution in [2.24, 2.45) is 0 Å². The Morgan fingerprint density at radius 1 is 1.09 bits per heavy atom. The highest BCUT2D eigenvalue weighted by Crippen LogP contribution is 2.40. The summed E-state index contributed by atoms with van der Waals surface area (Å²) in [4.78, 5) is 11.1. The van der Waals surface area contributed by atoms with E-state index in [1.165, 1.54) is 36.4 Å². The van der Waals surface area contributed by atoms with Crippen LogP contribution in [0.15, 0.2) is 52.3 Å². The molecule has 2 N–H and O–H groups in total. The van der Waals surface area contributed by atoms with Crippen LogP contribution in [0.3, 0.4) is 0 Å². The molecular formula is C15H11F3O3S. The zero-order valence-corrected chi connectivity index (χ0v) is 11.9. The molecule has 0 heterocycles. The van der Waals surface area contributed by atoms with Crippen LogP contribution in [0.25, 0.3) is 0 Å². The molecule has 0 aromatic heterocycles. The topological polar surface area (TPSA) is 57.5 Å². The van der Waals surface area contributed by atoms with Gasteiger partial charge in [0.15, 0.2) is 0 Å². The summed E-state index contributed by atoms with van der Waals surface area (Å²) in [5, 5.41) is 17.9. The minimum absolute atomic E-state index is 0.0210. The maximum atomic E-state index is 13.1. The Labute approximate surface area is 128 Å². The highest BCUT2D eigenvalue weighted by Gasteiger charge is 2.34. The van der Waals surface area contributed by atoms with Gasteiger partial charge in [0, 0.05) is 9.79 Å². The molecule has 0 aliphatic rings. The van der Waals surface area contributed by atoms with Gasteiger partial charge in [-0.15, -0.1) is 0 Å². The fourth-order valence-corrected chi connectivity index (χ4v) is 2.76. The number of alkyl halides is 3. The van der Waals surface area contributed by atoms with E-state index in [0.29, 0.717) is 4.90 Å².